The zero-order valence-corrected chi connectivity index (χ0v) is 18.0. The highest BCUT2D eigenvalue weighted by molar-refractivity contribution is 7.80. The fourth-order valence-corrected chi connectivity index (χ4v) is 3.51. The number of anilines is 1. The molecule has 1 amide bonds. The number of aromatic nitrogens is 1. The number of rotatable bonds is 8. The number of hydrogen-bond donors (Lipinski definition) is 1. The van der Waals surface area contributed by atoms with Crippen molar-refractivity contribution in [3.63, 3.8) is 0 Å². The van der Waals surface area contributed by atoms with Crippen molar-refractivity contribution in [1.29, 1.82) is 0 Å². The molecule has 1 aromatic carbocycles. The van der Waals surface area contributed by atoms with Crippen molar-refractivity contribution in [2.75, 3.05) is 11.4 Å². The second-order valence-corrected chi connectivity index (χ2v) is 7.82. The highest BCUT2D eigenvalue weighted by Gasteiger charge is 2.32. The summed E-state index contributed by atoms with van der Waals surface area (Å²) in [5.74, 6) is -1.25. The van der Waals surface area contributed by atoms with Gasteiger partial charge >= 0.3 is 12.0 Å². The third kappa shape index (κ3) is 4.88. The Kier molecular flexibility index (Phi) is 6.13. The molecule has 0 spiro atoms. The maximum atomic E-state index is 12.6. The quantitative estimate of drug-likeness (QED) is 0.226. The monoisotopic (exact) mass is 466 g/mol. The molecule has 1 saturated heterocycles. The van der Waals surface area contributed by atoms with E-state index in [1.54, 1.807) is 36.4 Å². The van der Waals surface area contributed by atoms with Gasteiger partial charge in [-0.2, -0.15) is 0 Å². The lowest BCUT2D eigenvalue weighted by Crippen LogP contribution is -2.24. The summed E-state index contributed by atoms with van der Waals surface area (Å²) in [5, 5.41) is 10.8. The lowest BCUT2D eigenvalue weighted by molar-refractivity contribution is -0.402. The predicted octanol–water partition coefficient (Wildman–Crippen LogP) is 3.87. The zero-order chi connectivity index (χ0) is 23.5. The number of hydrogen-bond acceptors (Lipinski definition) is 8. The maximum Gasteiger partial charge on any atom is 0.433 e. The second-order valence-electron chi connectivity index (χ2n) is 7.30. The number of ether oxygens (including phenoxy) is 1. The number of cyclic esters (lactones) is 1. The van der Waals surface area contributed by atoms with Gasteiger partial charge in [0.2, 0.25) is 5.78 Å². The molecule has 168 valence electrons. The Balaban J connectivity index is 1.49. The van der Waals surface area contributed by atoms with Gasteiger partial charge in [0.15, 0.2) is 5.76 Å². The molecule has 2 aromatic heterocycles. The van der Waals surface area contributed by atoms with E-state index in [-0.39, 0.29) is 17.6 Å². The highest BCUT2D eigenvalue weighted by Crippen LogP contribution is 2.27. The topological polar surface area (TPSA) is 142 Å². The first kappa shape index (κ1) is 22.1. The average molecular weight is 466 g/mol. The van der Waals surface area contributed by atoms with E-state index in [4.69, 9.17) is 27.1 Å². The minimum Gasteiger partial charge on any atom is -0.444 e. The average Bonchev–Trinajstić information content (AvgIpc) is 3.45. The van der Waals surface area contributed by atoms with Crippen LogP contribution in [-0.2, 0) is 4.74 Å². The van der Waals surface area contributed by atoms with E-state index in [9.17, 15) is 19.7 Å². The molecule has 3 heterocycles. The summed E-state index contributed by atoms with van der Waals surface area (Å²) in [6.45, 7) is 0.401. The molecule has 2 N–H and O–H groups in total. The van der Waals surface area contributed by atoms with Crippen LogP contribution in [0, 0.1) is 10.1 Å². The number of amides is 1. The van der Waals surface area contributed by atoms with Gasteiger partial charge in [-0.05, 0) is 36.8 Å². The number of ketones is 1. The molecule has 10 nitrogen and oxygen atoms in total. The largest absolute Gasteiger partial charge is 0.444 e. The van der Waals surface area contributed by atoms with Gasteiger partial charge in [-0.25, -0.2) is 9.78 Å². The Hall–Kier alpha value is -4.12. The Morgan fingerprint density at radius 2 is 1.97 bits per heavy atom. The molecule has 0 saturated carbocycles. The number of nitrogens with zero attached hydrogens (tertiary/aromatic N) is 3. The first-order chi connectivity index (χ1) is 15.8. The van der Waals surface area contributed by atoms with E-state index < -0.39 is 22.7 Å². The van der Waals surface area contributed by atoms with Gasteiger partial charge in [-0.15, -0.1) is 0 Å². The Morgan fingerprint density at radius 1 is 1.21 bits per heavy atom. The van der Waals surface area contributed by atoms with Crippen molar-refractivity contribution in [3.8, 4) is 11.3 Å². The third-order valence-electron chi connectivity index (χ3n) is 5.04. The smallest absolute Gasteiger partial charge is 0.433 e. The third-order valence-corrected chi connectivity index (χ3v) is 5.24. The van der Waals surface area contributed by atoms with Crippen LogP contribution in [0.25, 0.3) is 11.3 Å². The van der Waals surface area contributed by atoms with E-state index in [2.05, 4.69) is 4.98 Å². The summed E-state index contributed by atoms with van der Waals surface area (Å²) in [4.78, 5) is 41.2. The van der Waals surface area contributed by atoms with Crippen LogP contribution in [0.15, 0.2) is 59.0 Å². The Labute approximate surface area is 193 Å². The van der Waals surface area contributed by atoms with Gasteiger partial charge < -0.3 is 14.9 Å². The Morgan fingerprint density at radius 3 is 2.64 bits per heavy atom. The van der Waals surface area contributed by atoms with Crippen molar-refractivity contribution in [2.24, 2.45) is 5.73 Å². The van der Waals surface area contributed by atoms with Crippen LogP contribution in [0.5, 0.6) is 0 Å². The Bertz CT molecular complexity index is 1240. The number of pyridine rings is 1. The summed E-state index contributed by atoms with van der Waals surface area (Å²) >= 11 is 4.87. The van der Waals surface area contributed by atoms with E-state index >= 15 is 0 Å². The van der Waals surface area contributed by atoms with E-state index in [1.807, 2.05) is 0 Å². The number of nitro groups is 1. The number of carbonyl (C=O) groups is 2. The summed E-state index contributed by atoms with van der Waals surface area (Å²) in [6.07, 6.45) is 0.361. The molecule has 1 aliphatic heterocycles. The maximum absolute atomic E-state index is 12.6. The summed E-state index contributed by atoms with van der Waals surface area (Å²) in [6, 6.07) is 14.3. The fraction of sp³-hybridized carbons (Fsp3) is 0.182. The highest BCUT2D eigenvalue weighted by atomic mass is 32.1. The van der Waals surface area contributed by atoms with Crippen molar-refractivity contribution in [3.05, 3.63) is 76.2 Å². The molecular weight excluding hydrogens is 448 g/mol. The number of nitrogens with two attached hydrogens (primary N) is 1. The van der Waals surface area contributed by atoms with Crippen LogP contribution >= 0.6 is 12.2 Å². The minimum atomic E-state index is -0.715. The van der Waals surface area contributed by atoms with Crippen LogP contribution in [0.4, 0.5) is 16.4 Å². The number of benzene rings is 1. The molecule has 0 unspecified atom stereocenters. The van der Waals surface area contributed by atoms with Crippen molar-refractivity contribution >= 4 is 40.7 Å². The molecule has 11 heteroatoms. The fourth-order valence-electron chi connectivity index (χ4n) is 3.39. The molecule has 1 fully saturated rings. The van der Waals surface area contributed by atoms with Crippen molar-refractivity contribution < 1.29 is 23.7 Å². The van der Waals surface area contributed by atoms with Gasteiger partial charge in [0.05, 0.1) is 23.3 Å². The standard InChI is InChI=1S/C22H18N4O6S/c23-19(33)10-8-15-12-25(22(28)31-15)14-6-4-13(5-7-14)16-2-1-3-17(24-16)21(27)18-9-11-20(32-18)26(29)30/h1-7,9,11,15H,8,10,12H2,(H2,23,33)/t15-/m0/s1. The first-order valence-electron chi connectivity index (χ1n) is 9.94. The van der Waals surface area contributed by atoms with Crippen molar-refractivity contribution in [1.82, 2.24) is 4.98 Å². The molecule has 1 aliphatic rings. The lowest BCUT2D eigenvalue weighted by atomic mass is 10.1. The molecule has 1 atom stereocenters. The summed E-state index contributed by atoms with van der Waals surface area (Å²) in [5.41, 5.74) is 7.51. The minimum absolute atomic E-state index is 0.0876. The van der Waals surface area contributed by atoms with E-state index in [0.717, 1.165) is 11.6 Å². The summed E-state index contributed by atoms with van der Waals surface area (Å²) < 4.78 is 10.3. The van der Waals surface area contributed by atoms with Crippen LogP contribution in [0.2, 0.25) is 0 Å². The molecular formula is C22H18N4O6S. The number of furan rings is 1. The molecule has 4 rings (SSSR count). The molecule has 0 bridgehead atoms. The van der Waals surface area contributed by atoms with Gasteiger partial charge in [0.1, 0.15) is 16.7 Å². The molecule has 0 aliphatic carbocycles. The van der Waals surface area contributed by atoms with Gasteiger partial charge in [-0.3, -0.25) is 19.8 Å². The summed E-state index contributed by atoms with van der Waals surface area (Å²) in [7, 11) is 0. The van der Waals surface area contributed by atoms with Crippen molar-refractivity contribution in [2.45, 2.75) is 18.9 Å². The van der Waals surface area contributed by atoms with E-state index in [1.165, 1.54) is 17.0 Å². The van der Waals surface area contributed by atoms with Crippen LogP contribution in [0.1, 0.15) is 29.1 Å². The predicted molar refractivity (Wildman–Crippen MR) is 122 cm³/mol. The first-order valence-corrected chi connectivity index (χ1v) is 10.4. The van der Waals surface area contributed by atoms with Gasteiger partial charge in [-0.1, -0.05) is 30.4 Å². The van der Waals surface area contributed by atoms with Crippen LogP contribution in [0.3, 0.4) is 0 Å². The molecule has 33 heavy (non-hydrogen) atoms. The van der Waals surface area contributed by atoms with Crippen LogP contribution in [-0.4, -0.2) is 39.4 Å². The number of carbonyl (C=O) groups excluding carboxylic acids is 2. The van der Waals surface area contributed by atoms with Gasteiger partial charge in [0, 0.05) is 17.7 Å². The molecule has 3 aromatic rings. The normalized spacial score (nSPS) is 15.3. The molecule has 0 radical (unpaired) electrons. The SMILES string of the molecule is NC(=S)CC[C@H]1CN(c2ccc(-c3cccc(C(=O)c4ccc([N+](=O)[O-])o4)n3)cc2)C(=O)O1. The second kappa shape index (κ2) is 9.17. The number of thiocarbonyl (C=S) groups is 1. The zero-order valence-electron chi connectivity index (χ0n) is 17.2. The van der Waals surface area contributed by atoms with E-state index in [0.29, 0.717) is 35.8 Å². The van der Waals surface area contributed by atoms with Gasteiger partial charge in [0.25, 0.3) is 0 Å². The lowest BCUT2D eigenvalue weighted by Gasteiger charge is -2.13. The van der Waals surface area contributed by atoms with Crippen LogP contribution < -0.4 is 10.6 Å².